The molecule has 4 rings (SSSR count). The second kappa shape index (κ2) is 12.8. The molecule has 36 heavy (non-hydrogen) atoms. The minimum absolute atomic E-state index is 0.0296. The van der Waals surface area contributed by atoms with Crippen molar-refractivity contribution in [1.29, 1.82) is 0 Å². The Morgan fingerprint density at radius 2 is 1.81 bits per heavy atom. The quantitative estimate of drug-likeness (QED) is 0.499. The number of hydrogen-bond acceptors (Lipinski definition) is 7. The molecule has 1 N–H and O–H groups in total. The molecular formula is C27H36N4O5. The highest BCUT2D eigenvalue weighted by molar-refractivity contribution is 5.99. The van der Waals surface area contributed by atoms with Gasteiger partial charge in [0.1, 0.15) is 0 Å². The van der Waals surface area contributed by atoms with Crippen LogP contribution in [0.15, 0.2) is 34.9 Å². The first-order chi connectivity index (χ1) is 17.5. The summed E-state index contributed by atoms with van der Waals surface area (Å²) >= 11 is 0. The van der Waals surface area contributed by atoms with Crippen molar-refractivity contribution in [3.05, 3.63) is 36.2 Å². The van der Waals surface area contributed by atoms with Crippen LogP contribution in [0.25, 0.3) is 11.4 Å². The number of Topliss-reactive ketones (excluding diaryl/α,β-unsaturated/α-hetero) is 1. The lowest BCUT2D eigenvalue weighted by Gasteiger charge is -2.30. The first-order valence-electron chi connectivity index (χ1n) is 13.1. The summed E-state index contributed by atoms with van der Waals surface area (Å²) in [7, 11) is 0. The number of hydrogen-bond donors (Lipinski definition) is 1. The lowest BCUT2D eigenvalue weighted by atomic mass is 9.81. The number of amides is 2. The third-order valence-corrected chi connectivity index (χ3v) is 7.21. The average molecular weight is 497 g/mol. The van der Waals surface area contributed by atoms with E-state index in [1.807, 2.05) is 37.3 Å². The van der Waals surface area contributed by atoms with Crippen molar-refractivity contribution in [1.82, 2.24) is 20.4 Å². The van der Waals surface area contributed by atoms with Crippen LogP contribution in [0.1, 0.15) is 69.0 Å². The molecule has 0 spiro atoms. The first-order valence-corrected chi connectivity index (χ1v) is 13.1. The number of aromatic nitrogens is 2. The zero-order valence-electron chi connectivity index (χ0n) is 21.0. The van der Waals surface area contributed by atoms with Gasteiger partial charge in [0.2, 0.25) is 23.4 Å². The molecule has 0 radical (unpaired) electrons. The molecule has 2 fully saturated rings. The number of benzene rings is 1. The zero-order valence-corrected chi connectivity index (χ0v) is 21.0. The molecule has 1 aliphatic carbocycles. The Kier molecular flexibility index (Phi) is 9.22. The van der Waals surface area contributed by atoms with Crippen LogP contribution in [0.3, 0.4) is 0 Å². The van der Waals surface area contributed by atoms with Crippen molar-refractivity contribution in [2.24, 2.45) is 11.8 Å². The highest BCUT2D eigenvalue weighted by Crippen LogP contribution is 2.31. The molecule has 9 heteroatoms. The predicted octanol–water partition coefficient (Wildman–Crippen LogP) is 3.65. The standard InChI is InChI=1S/C27H36N4O5/c1-2-22(24(33)27-29-25(30-36-27)20-11-7-4-8-12-20)28-26(34)21(17-19-9-5-3-6-10-19)18-23(32)31-13-15-35-16-14-31/h4,7-8,11-12,19,21-22H,2-3,5-6,9-10,13-18H2,1H3,(H,28,34)/t21-,22+/m0/s1. The van der Waals surface area contributed by atoms with Crippen molar-refractivity contribution in [3.8, 4) is 11.4 Å². The van der Waals surface area contributed by atoms with Crippen LogP contribution in [0, 0.1) is 11.8 Å². The van der Waals surface area contributed by atoms with Crippen molar-refractivity contribution in [2.75, 3.05) is 26.3 Å². The van der Waals surface area contributed by atoms with E-state index in [1.54, 1.807) is 4.90 Å². The van der Waals surface area contributed by atoms with Gasteiger partial charge in [0.15, 0.2) is 0 Å². The average Bonchev–Trinajstić information content (AvgIpc) is 3.43. The maximum Gasteiger partial charge on any atom is 0.296 e. The summed E-state index contributed by atoms with van der Waals surface area (Å²) in [5.74, 6) is -0.569. The molecule has 1 saturated carbocycles. The highest BCUT2D eigenvalue weighted by atomic mass is 16.5. The second-order valence-corrected chi connectivity index (χ2v) is 9.76. The molecule has 2 aliphatic rings. The third kappa shape index (κ3) is 6.78. The van der Waals surface area contributed by atoms with Crippen LogP contribution < -0.4 is 5.32 Å². The Morgan fingerprint density at radius 1 is 1.08 bits per heavy atom. The van der Waals surface area contributed by atoms with Gasteiger partial charge in [0.25, 0.3) is 5.89 Å². The Morgan fingerprint density at radius 3 is 2.50 bits per heavy atom. The molecular weight excluding hydrogens is 460 g/mol. The van der Waals surface area contributed by atoms with E-state index >= 15 is 0 Å². The van der Waals surface area contributed by atoms with Gasteiger partial charge < -0.3 is 19.5 Å². The summed E-state index contributed by atoms with van der Waals surface area (Å²) in [6.45, 7) is 3.97. The van der Waals surface area contributed by atoms with Crippen molar-refractivity contribution < 1.29 is 23.6 Å². The van der Waals surface area contributed by atoms with Crippen LogP contribution in [-0.4, -0.2) is 65.0 Å². The van der Waals surface area contributed by atoms with E-state index in [4.69, 9.17) is 9.26 Å². The summed E-state index contributed by atoms with van der Waals surface area (Å²) in [6, 6.07) is 8.46. The van der Waals surface area contributed by atoms with Gasteiger partial charge in [-0.05, 0) is 18.8 Å². The van der Waals surface area contributed by atoms with Crippen molar-refractivity contribution in [3.63, 3.8) is 0 Å². The van der Waals surface area contributed by atoms with Gasteiger partial charge in [-0.15, -0.1) is 0 Å². The Labute approximate surface area is 212 Å². The normalized spacial score (nSPS) is 18.4. The van der Waals surface area contributed by atoms with Crippen LogP contribution >= 0.6 is 0 Å². The van der Waals surface area contributed by atoms with E-state index in [0.717, 1.165) is 31.2 Å². The van der Waals surface area contributed by atoms with E-state index in [0.29, 0.717) is 50.9 Å². The van der Waals surface area contributed by atoms with Gasteiger partial charge in [0.05, 0.1) is 19.3 Å². The fraction of sp³-hybridized carbons (Fsp3) is 0.593. The lowest BCUT2D eigenvalue weighted by Crippen LogP contribution is -2.46. The van der Waals surface area contributed by atoms with Gasteiger partial charge in [0, 0.05) is 31.0 Å². The SMILES string of the molecule is CC[C@@H](NC(=O)[C@H](CC(=O)N1CCOCC1)CC1CCCCC1)C(=O)c1nc(-c2ccccc2)no1. The van der Waals surface area contributed by atoms with Gasteiger partial charge in [-0.25, -0.2) is 0 Å². The minimum Gasteiger partial charge on any atom is -0.378 e. The topological polar surface area (TPSA) is 115 Å². The number of nitrogens with zero attached hydrogens (tertiary/aromatic N) is 3. The molecule has 2 heterocycles. The zero-order chi connectivity index (χ0) is 25.3. The number of nitrogens with one attached hydrogen (secondary N) is 1. The monoisotopic (exact) mass is 496 g/mol. The van der Waals surface area contributed by atoms with Gasteiger partial charge in [-0.2, -0.15) is 4.98 Å². The van der Waals surface area contributed by atoms with E-state index in [9.17, 15) is 14.4 Å². The Balaban J connectivity index is 1.43. The maximum absolute atomic E-state index is 13.4. The van der Waals surface area contributed by atoms with Gasteiger partial charge in [-0.1, -0.05) is 74.5 Å². The summed E-state index contributed by atoms with van der Waals surface area (Å²) in [5.41, 5.74) is 0.742. The molecule has 2 atom stereocenters. The van der Waals surface area contributed by atoms with E-state index < -0.39 is 17.7 Å². The third-order valence-electron chi connectivity index (χ3n) is 7.21. The number of morpholine rings is 1. The lowest BCUT2D eigenvalue weighted by molar-refractivity contribution is -0.140. The number of rotatable bonds is 10. The van der Waals surface area contributed by atoms with Crippen LogP contribution in [0.5, 0.6) is 0 Å². The maximum atomic E-state index is 13.4. The molecule has 0 bridgehead atoms. The smallest absolute Gasteiger partial charge is 0.296 e. The molecule has 2 aromatic rings. The van der Waals surface area contributed by atoms with Crippen LogP contribution in [-0.2, 0) is 14.3 Å². The van der Waals surface area contributed by atoms with E-state index in [2.05, 4.69) is 15.5 Å². The minimum atomic E-state index is -0.797. The molecule has 1 aliphatic heterocycles. The number of carbonyl (C=O) groups excluding carboxylic acids is 3. The predicted molar refractivity (Wildman–Crippen MR) is 133 cm³/mol. The molecule has 1 aromatic carbocycles. The second-order valence-electron chi connectivity index (χ2n) is 9.76. The molecule has 2 amide bonds. The fourth-order valence-electron chi connectivity index (χ4n) is 5.08. The number of ether oxygens (including phenoxy) is 1. The summed E-state index contributed by atoms with van der Waals surface area (Å²) in [6.07, 6.45) is 6.88. The van der Waals surface area contributed by atoms with E-state index in [1.165, 1.54) is 6.42 Å². The molecule has 1 aromatic heterocycles. The summed E-state index contributed by atoms with van der Waals surface area (Å²) in [4.78, 5) is 45.6. The van der Waals surface area contributed by atoms with Crippen LogP contribution in [0.4, 0.5) is 0 Å². The molecule has 9 nitrogen and oxygen atoms in total. The Hall–Kier alpha value is -3.07. The van der Waals surface area contributed by atoms with Crippen molar-refractivity contribution in [2.45, 2.75) is 64.3 Å². The first kappa shape index (κ1) is 26.0. The largest absolute Gasteiger partial charge is 0.378 e. The van der Waals surface area contributed by atoms with Gasteiger partial charge >= 0.3 is 0 Å². The fourth-order valence-corrected chi connectivity index (χ4v) is 5.08. The Bertz CT molecular complexity index is 1010. The molecule has 194 valence electrons. The summed E-state index contributed by atoms with van der Waals surface area (Å²) in [5, 5.41) is 6.83. The summed E-state index contributed by atoms with van der Waals surface area (Å²) < 4.78 is 10.6. The van der Waals surface area contributed by atoms with Gasteiger partial charge in [-0.3, -0.25) is 14.4 Å². The van der Waals surface area contributed by atoms with Crippen LogP contribution in [0.2, 0.25) is 0 Å². The van der Waals surface area contributed by atoms with E-state index in [-0.39, 0.29) is 24.1 Å². The molecule has 1 saturated heterocycles. The number of ketones is 1. The highest BCUT2D eigenvalue weighted by Gasteiger charge is 2.32. The molecule has 0 unspecified atom stereocenters. The van der Waals surface area contributed by atoms with Crippen molar-refractivity contribution >= 4 is 17.6 Å². The number of carbonyl (C=O) groups is 3.